The van der Waals surface area contributed by atoms with Crippen LogP contribution >= 0.6 is 0 Å². The molecule has 3 fully saturated rings. The van der Waals surface area contributed by atoms with E-state index in [1.165, 1.54) is 0 Å². The van der Waals surface area contributed by atoms with E-state index in [1.807, 2.05) is 24.3 Å². The third kappa shape index (κ3) is 3.29. The molecule has 176 valence electrons. The number of rotatable bonds is 6. The van der Waals surface area contributed by atoms with Crippen molar-refractivity contribution in [3.05, 3.63) is 59.7 Å². The lowest BCUT2D eigenvalue weighted by molar-refractivity contribution is -0.142. The second kappa shape index (κ2) is 7.58. The van der Waals surface area contributed by atoms with E-state index in [1.54, 1.807) is 11.8 Å². The second-order valence-electron chi connectivity index (χ2n) is 10.3. The summed E-state index contributed by atoms with van der Waals surface area (Å²) in [6.07, 6.45) is 1.17. The van der Waals surface area contributed by atoms with E-state index in [4.69, 9.17) is 4.74 Å². The first-order chi connectivity index (χ1) is 16.4. The van der Waals surface area contributed by atoms with Gasteiger partial charge < -0.3 is 20.1 Å². The monoisotopic (exact) mass is 460 g/mol. The molecule has 2 aromatic rings. The van der Waals surface area contributed by atoms with Gasteiger partial charge in [-0.3, -0.25) is 9.59 Å². The van der Waals surface area contributed by atoms with E-state index in [2.05, 4.69) is 29.6 Å². The van der Waals surface area contributed by atoms with Crippen LogP contribution in [0.3, 0.4) is 0 Å². The molecule has 7 heteroatoms. The van der Waals surface area contributed by atoms with Crippen molar-refractivity contribution in [2.45, 2.75) is 31.2 Å². The van der Waals surface area contributed by atoms with Crippen molar-refractivity contribution in [2.75, 3.05) is 19.7 Å². The highest BCUT2D eigenvalue weighted by molar-refractivity contribution is 5.91. The molecule has 4 aliphatic rings. The molecule has 0 spiro atoms. The van der Waals surface area contributed by atoms with Crippen LogP contribution in [0, 0.1) is 23.7 Å². The number of alkyl carbamates (subject to hydrolysis) is 1. The Bertz CT molecular complexity index is 1130. The molecule has 1 saturated heterocycles. The molecule has 2 amide bonds. The summed E-state index contributed by atoms with van der Waals surface area (Å²) in [6.45, 7) is 2.89. The van der Waals surface area contributed by atoms with Crippen molar-refractivity contribution in [1.82, 2.24) is 10.2 Å². The largest absolute Gasteiger partial charge is 0.481 e. The minimum Gasteiger partial charge on any atom is -0.481 e. The summed E-state index contributed by atoms with van der Waals surface area (Å²) < 4.78 is 5.71. The number of hydrogen-bond donors (Lipinski definition) is 2. The average Bonchev–Trinajstić information content (AvgIpc) is 3.74. The van der Waals surface area contributed by atoms with Crippen LogP contribution in [0.4, 0.5) is 4.79 Å². The molecule has 2 aromatic carbocycles. The topological polar surface area (TPSA) is 95.9 Å². The van der Waals surface area contributed by atoms with Crippen LogP contribution in [0.25, 0.3) is 11.1 Å². The van der Waals surface area contributed by atoms with Gasteiger partial charge in [0.1, 0.15) is 12.1 Å². The number of benzene rings is 2. The summed E-state index contributed by atoms with van der Waals surface area (Å²) in [5.41, 5.74) is 3.58. The smallest absolute Gasteiger partial charge is 0.408 e. The van der Waals surface area contributed by atoms with E-state index in [9.17, 15) is 19.5 Å². The van der Waals surface area contributed by atoms with Gasteiger partial charge in [0.15, 0.2) is 0 Å². The first kappa shape index (κ1) is 21.2. The molecule has 4 atom stereocenters. The number of aliphatic carboxylic acids is 1. The highest BCUT2D eigenvalue weighted by Gasteiger charge is 2.62. The van der Waals surface area contributed by atoms with Gasteiger partial charge in [0.25, 0.3) is 0 Å². The maximum absolute atomic E-state index is 13.4. The number of carboxylic acids is 1. The molecule has 1 aliphatic heterocycles. The molecule has 2 unspecified atom stereocenters. The Balaban J connectivity index is 1.13. The first-order valence-electron chi connectivity index (χ1n) is 12.0. The van der Waals surface area contributed by atoms with Gasteiger partial charge in [-0.25, -0.2) is 4.79 Å². The van der Waals surface area contributed by atoms with Crippen LogP contribution in [0.5, 0.6) is 0 Å². The summed E-state index contributed by atoms with van der Waals surface area (Å²) in [5.74, 6) is -1.11. The molecule has 0 aromatic heterocycles. The number of ether oxygens (including phenoxy) is 1. The summed E-state index contributed by atoms with van der Waals surface area (Å²) in [4.78, 5) is 39.3. The fourth-order valence-electron chi connectivity index (χ4n) is 6.22. The Morgan fingerprint density at radius 2 is 1.56 bits per heavy atom. The van der Waals surface area contributed by atoms with Crippen molar-refractivity contribution in [2.24, 2.45) is 23.7 Å². The van der Waals surface area contributed by atoms with Crippen LogP contribution in [-0.2, 0) is 14.3 Å². The van der Waals surface area contributed by atoms with Gasteiger partial charge in [0.2, 0.25) is 5.91 Å². The van der Waals surface area contributed by atoms with Crippen molar-refractivity contribution >= 4 is 18.0 Å². The number of nitrogens with zero attached hydrogens (tertiary/aromatic N) is 1. The van der Waals surface area contributed by atoms with Gasteiger partial charge in [-0.05, 0) is 59.8 Å². The molecular weight excluding hydrogens is 432 g/mol. The number of carbonyl (C=O) groups is 3. The van der Waals surface area contributed by atoms with Gasteiger partial charge in [0, 0.05) is 19.0 Å². The number of carboxylic acid groups (broad SMARTS) is 1. The quantitative estimate of drug-likeness (QED) is 0.688. The highest BCUT2D eigenvalue weighted by atomic mass is 16.5. The third-order valence-corrected chi connectivity index (χ3v) is 8.31. The summed E-state index contributed by atoms with van der Waals surface area (Å²) >= 11 is 0. The SMILES string of the molecule is CC(NC(=O)OCC1c2ccccc2-c2ccccc21)(C(=O)N1C[C@@H]2C(C(=O)O)[C@@H]2C1)C1CC1. The zero-order valence-electron chi connectivity index (χ0n) is 19.1. The Labute approximate surface area is 198 Å². The fraction of sp³-hybridized carbons (Fsp3) is 0.444. The molecule has 0 radical (unpaired) electrons. The summed E-state index contributed by atoms with van der Waals surface area (Å²) in [6, 6.07) is 16.3. The number of nitrogens with one attached hydrogen (secondary N) is 1. The fourth-order valence-corrected chi connectivity index (χ4v) is 6.22. The van der Waals surface area contributed by atoms with Crippen LogP contribution < -0.4 is 5.32 Å². The van der Waals surface area contributed by atoms with Gasteiger partial charge >= 0.3 is 12.1 Å². The average molecular weight is 461 g/mol. The lowest BCUT2D eigenvalue weighted by Gasteiger charge is -2.34. The molecule has 3 aliphatic carbocycles. The molecule has 0 bridgehead atoms. The zero-order valence-corrected chi connectivity index (χ0v) is 19.1. The van der Waals surface area contributed by atoms with Crippen molar-refractivity contribution in [3.8, 4) is 11.1 Å². The van der Waals surface area contributed by atoms with Crippen molar-refractivity contribution in [3.63, 3.8) is 0 Å². The van der Waals surface area contributed by atoms with Crippen LogP contribution in [0.15, 0.2) is 48.5 Å². The lowest BCUT2D eigenvalue weighted by atomic mass is 9.93. The number of fused-ring (bicyclic) bond motifs is 4. The minimum atomic E-state index is -1.03. The number of hydrogen-bond acceptors (Lipinski definition) is 4. The van der Waals surface area contributed by atoms with Gasteiger partial charge in [-0.15, -0.1) is 0 Å². The molecule has 7 nitrogen and oxygen atoms in total. The lowest BCUT2D eigenvalue weighted by Crippen LogP contribution is -2.59. The standard InChI is InChI=1S/C27H28N2O5/c1-27(15-10-11-15,25(32)29-12-20-21(13-29)23(20)24(30)31)28-26(33)34-14-22-18-8-4-2-6-16(18)17-7-3-5-9-19(17)22/h2-9,15,20-23H,10-14H2,1H3,(H,28,33)(H,30,31)/t20-,21+,23?,27?. The second-order valence-corrected chi connectivity index (χ2v) is 10.3. The van der Waals surface area contributed by atoms with Crippen molar-refractivity contribution in [1.29, 1.82) is 0 Å². The first-order valence-corrected chi connectivity index (χ1v) is 12.0. The Morgan fingerprint density at radius 3 is 2.09 bits per heavy atom. The maximum Gasteiger partial charge on any atom is 0.408 e. The summed E-state index contributed by atoms with van der Waals surface area (Å²) in [5, 5.41) is 12.2. The predicted molar refractivity (Wildman–Crippen MR) is 124 cm³/mol. The number of amides is 2. The highest BCUT2D eigenvalue weighted by Crippen LogP contribution is 2.53. The Hall–Kier alpha value is -3.35. The molecule has 2 saturated carbocycles. The summed E-state index contributed by atoms with van der Waals surface area (Å²) in [7, 11) is 0. The van der Waals surface area contributed by atoms with Crippen molar-refractivity contribution < 1.29 is 24.2 Å². The van der Waals surface area contributed by atoms with E-state index >= 15 is 0 Å². The zero-order chi connectivity index (χ0) is 23.6. The number of piperidine rings is 1. The predicted octanol–water partition coefficient (Wildman–Crippen LogP) is 3.48. The van der Waals surface area contributed by atoms with Gasteiger partial charge in [-0.1, -0.05) is 48.5 Å². The molecular formula is C27H28N2O5. The molecule has 6 rings (SSSR count). The van der Waals surface area contributed by atoms with E-state index < -0.39 is 17.6 Å². The van der Waals surface area contributed by atoms with Gasteiger partial charge in [0.05, 0.1) is 5.92 Å². The Kier molecular flexibility index (Phi) is 4.73. The van der Waals surface area contributed by atoms with Gasteiger partial charge in [-0.2, -0.15) is 0 Å². The number of likely N-dealkylation sites (tertiary alicyclic amines) is 1. The Morgan fingerprint density at radius 1 is 1.00 bits per heavy atom. The van der Waals surface area contributed by atoms with Crippen LogP contribution in [0.1, 0.15) is 36.8 Å². The third-order valence-electron chi connectivity index (χ3n) is 8.31. The van der Waals surface area contributed by atoms with E-state index in [-0.39, 0.29) is 42.1 Å². The normalized spacial score (nSPS) is 26.1. The maximum atomic E-state index is 13.4. The van der Waals surface area contributed by atoms with E-state index in [0.717, 1.165) is 35.1 Å². The molecule has 2 N–H and O–H groups in total. The van der Waals surface area contributed by atoms with E-state index in [0.29, 0.717) is 13.1 Å². The molecule has 34 heavy (non-hydrogen) atoms. The number of carbonyl (C=O) groups excluding carboxylic acids is 2. The van der Waals surface area contributed by atoms with Crippen LogP contribution in [0.2, 0.25) is 0 Å². The van der Waals surface area contributed by atoms with Crippen LogP contribution in [-0.4, -0.2) is 53.2 Å². The minimum absolute atomic E-state index is 0.0411. The molecule has 1 heterocycles.